The number of carbonyl (C=O) groups is 1. The Kier molecular flexibility index (Phi) is 3.98. The van der Waals surface area contributed by atoms with Gasteiger partial charge in [0.25, 0.3) is 5.69 Å². The van der Waals surface area contributed by atoms with Gasteiger partial charge >= 0.3 is 12.1 Å². The molecule has 2 unspecified atom stereocenters. The average molecular weight is 351 g/mol. The normalized spacial score (nSPS) is 22.3. The van der Waals surface area contributed by atoms with Gasteiger partial charge in [-0.15, -0.1) is 0 Å². The Labute approximate surface area is 140 Å². The number of nitro benzene ring substituents is 1. The van der Waals surface area contributed by atoms with Crippen LogP contribution in [0.2, 0.25) is 0 Å². The predicted octanol–water partition coefficient (Wildman–Crippen LogP) is 4.24. The van der Waals surface area contributed by atoms with Crippen molar-refractivity contribution in [3.63, 3.8) is 0 Å². The number of carbonyl (C=O) groups excluding carboxylic acids is 1. The van der Waals surface area contributed by atoms with Gasteiger partial charge in [0.2, 0.25) is 5.60 Å². The van der Waals surface area contributed by atoms with Gasteiger partial charge in [0, 0.05) is 24.5 Å². The fourth-order valence-electron chi connectivity index (χ4n) is 2.74. The number of nitro groups is 1. The highest BCUT2D eigenvalue weighted by molar-refractivity contribution is 5.90. The molecule has 0 aliphatic heterocycles. The molecule has 2 atom stereocenters. The molecule has 0 spiro atoms. The number of nitrogens with zero attached hydrogens (tertiary/aromatic N) is 1. The SMILES string of the molecule is O=C(OC1(C(F)(F)F)CC1c1ccccc1)c1ccc([N+](=O)[O-])cc1. The first-order chi connectivity index (χ1) is 11.7. The summed E-state index contributed by atoms with van der Waals surface area (Å²) in [6.07, 6.45) is -5.07. The molecule has 0 bridgehead atoms. The van der Waals surface area contributed by atoms with Gasteiger partial charge in [0.05, 0.1) is 10.5 Å². The summed E-state index contributed by atoms with van der Waals surface area (Å²) in [7, 11) is 0. The standard InChI is InChI=1S/C17H12F3NO4/c18-17(19,20)16(10-14(16)11-4-2-1-3-5-11)25-15(22)12-6-8-13(9-7-12)21(23)24/h1-9,14H,10H2. The fourth-order valence-corrected chi connectivity index (χ4v) is 2.74. The maximum absolute atomic E-state index is 13.5. The first-order valence-corrected chi connectivity index (χ1v) is 7.34. The Morgan fingerprint density at radius 2 is 1.72 bits per heavy atom. The Morgan fingerprint density at radius 3 is 2.24 bits per heavy atom. The molecular weight excluding hydrogens is 339 g/mol. The van der Waals surface area contributed by atoms with E-state index >= 15 is 0 Å². The minimum absolute atomic E-state index is 0.173. The van der Waals surface area contributed by atoms with E-state index in [0.717, 1.165) is 24.3 Å². The molecule has 1 fully saturated rings. The number of ether oxygens (including phenoxy) is 1. The summed E-state index contributed by atoms with van der Waals surface area (Å²) in [4.78, 5) is 22.0. The van der Waals surface area contributed by atoms with Crippen LogP contribution in [0, 0.1) is 10.1 Å². The van der Waals surface area contributed by atoms with Crippen LogP contribution in [0.15, 0.2) is 54.6 Å². The molecule has 25 heavy (non-hydrogen) atoms. The first kappa shape index (κ1) is 16.9. The Morgan fingerprint density at radius 1 is 1.12 bits per heavy atom. The lowest BCUT2D eigenvalue weighted by molar-refractivity contribution is -0.384. The van der Waals surface area contributed by atoms with Crippen LogP contribution in [0.4, 0.5) is 18.9 Å². The summed E-state index contributed by atoms with van der Waals surface area (Å²) in [6.45, 7) is 0. The van der Waals surface area contributed by atoms with Crippen molar-refractivity contribution in [1.29, 1.82) is 0 Å². The number of hydrogen-bond acceptors (Lipinski definition) is 4. The molecule has 8 heteroatoms. The van der Waals surface area contributed by atoms with E-state index in [1.54, 1.807) is 30.3 Å². The van der Waals surface area contributed by atoms with Gasteiger partial charge in [-0.2, -0.15) is 13.2 Å². The minimum Gasteiger partial charge on any atom is -0.445 e. The van der Waals surface area contributed by atoms with Crippen LogP contribution in [0.25, 0.3) is 0 Å². The molecule has 2 aromatic carbocycles. The molecule has 0 heterocycles. The van der Waals surface area contributed by atoms with E-state index in [1.165, 1.54) is 0 Å². The van der Waals surface area contributed by atoms with E-state index in [-0.39, 0.29) is 17.7 Å². The Hall–Kier alpha value is -2.90. The summed E-state index contributed by atoms with van der Waals surface area (Å²) in [5.74, 6) is -2.12. The molecule has 1 saturated carbocycles. The van der Waals surface area contributed by atoms with Gasteiger partial charge in [-0.05, 0) is 17.7 Å². The van der Waals surface area contributed by atoms with Crippen molar-refractivity contribution < 1.29 is 27.6 Å². The zero-order valence-electron chi connectivity index (χ0n) is 12.7. The molecule has 0 N–H and O–H groups in total. The molecule has 0 radical (unpaired) electrons. The molecule has 3 rings (SSSR count). The maximum atomic E-state index is 13.5. The van der Waals surface area contributed by atoms with Crippen LogP contribution in [-0.2, 0) is 4.74 Å². The van der Waals surface area contributed by atoms with Crippen molar-refractivity contribution in [3.8, 4) is 0 Å². The van der Waals surface area contributed by atoms with Gasteiger partial charge in [0.1, 0.15) is 0 Å². The molecule has 1 aliphatic rings. The monoisotopic (exact) mass is 351 g/mol. The fraction of sp³-hybridized carbons (Fsp3) is 0.235. The van der Waals surface area contributed by atoms with E-state index < -0.39 is 28.6 Å². The third-order valence-electron chi connectivity index (χ3n) is 4.18. The zero-order chi connectivity index (χ0) is 18.2. The van der Waals surface area contributed by atoms with E-state index in [2.05, 4.69) is 0 Å². The van der Waals surface area contributed by atoms with Crippen LogP contribution in [0.5, 0.6) is 0 Å². The summed E-state index contributed by atoms with van der Waals surface area (Å²) >= 11 is 0. The van der Waals surface area contributed by atoms with Crippen molar-refractivity contribution in [2.45, 2.75) is 24.1 Å². The second-order valence-corrected chi connectivity index (χ2v) is 5.75. The molecule has 2 aromatic rings. The van der Waals surface area contributed by atoms with Gasteiger partial charge < -0.3 is 4.74 Å². The molecule has 0 amide bonds. The van der Waals surface area contributed by atoms with Gasteiger partial charge in [-0.1, -0.05) is 30.3 Å². The quantitative estimate of drug-likeness (QED) is 0.469. The molecule has 0 saturated heterocycles. The first-order valence-electron chi connectivity index (χ1n) is 7.34. The third kappa shape index (κ3) is 3.07. The van der Waals surface area contributed by atoms with Crippen molar-refractivity contribution in [3.05, 3.63) is 75.8 Å². The van der Waals surface area contributed by atoms with Crippen molar-refractivity contribution >= 4 is 11.7 Å². The molecule has 130 valence electrons. The van der Waals surface area contributed by atoms with Crippen LogP contribution < -0.4 is 0 Å². The molecule has 5 nitrogen and oxygen atoms in total. The van der Waals surface area contributed by atoms with Crippen LogP contribution in [-0.4, -0.2) is 22.7 Å². The Bertz CT molecular complexity index is 805. The number of esters is 1. The lowest BCUT2D eigenvalue weighted by Crippen LogP contribution is -2.38. The summed E-state index contributed by atoms with van der Waals surface area (Å²) in [6, 6.07) is 12.3. The van der Waals surface area contributed by atoms with Gasteiger partial charge in [-0.3, -0.25) is 10.1 Å². The van der Waals surface area contributed by atoms with Crippen LogP contribution in [0.1, 0.15) is 28.3 Å². The highest BCUT2D eigenvalue weighted by Gasteiger charge is 2.74. The summed E-state index contributed by atoms with van der Waals surface area (Å²) in [5, 5.41) is 10.6. The molecule has 1 aliphatic carbocycles. The number of rotatable bonds is 4. The zero-order valence-corrected chi connectivity index (χ0v) is 12.7. The summed E-state index contributed by atoms with van der Waals surface area (Å²) in [5.41, 5.74) is -2.56. The number of hydrogen-bond donors (Lipinski definition) is 0. The average Bonchev–Trinajstić information content (AvgIpc) is 3.31. The molecular formula is C17H12F3NO4. The summed E-state index contributed by atoms with van der Waals surface area (Å²) < 4.78 is 45.4. The van der Waals surface area contributed by atoms with Crippen molar-refractivity contribution in [2.24, 2.45) is 0 Å². The highest BCUT2D eigenvalue weighted by Crippen LogP contribution is 2.62. The predicted molar refractivity (Wildman–Crippen MR) is 81.1 cm³/mol. The number of non-ortho nitro benzene ring substituents is 1. The highest BCUT2D eigenvalue weighted by atomic mass is 19.4. The van der Waals surface area contributed by atoms with Crippen molar-refractivity contribution in [2.75, 3.05) is 0 Å². The number of benzene rings is 2. The van der Waals surface area contributed by atoms with Crippen molar-refractivity contribution in [1.82, 2.24) is 0 Å². The van der Waals surface area contributed by atoms with E-state index in [9.17, 15) is 28.1 Å². The topological polar surface area (TPSA) is 69.4 Å². The maximum Gasteiger partial charge on any atom is 0.429 e. The van der Waals surface area contributed by atoms with E-state index in [4.69, 9.17) is 4.74 Å². The van der Waals surface area contributed by atoms with Gasteiger partial charge in [-0.25, -0.2) is 4.79 Å². The van der Waals surface area contributed by atoms with E-state index in [0.29, 0.717) is 5.56 Å². The lowest BCUT2D eigenvalue weighted by Gasteiger charge is -2.22. The van der Waals surface area contributed by atoms with Crippen LogP contribution in [0.3, 0.4) is 0 Å². The Balaban J connectivity index is 1.83. The van der Waals surface area contributed by atoms with Crippen LogP contribution >= 0.6 is 0 Å². The van der Waals surface area contributed by atoms with E-state index in [1.807, 2.05) is 0 Å². The smallest absolute Gasteiger partial charge is 0.429 e. The third-order valence-corrected chi connectivity index (χ3v) is 4.18. The number of halogens is 3. The largest absolute Gasteiger partial charge is 0.445 e. The minimum atomic E-state index is -4.72. The number of alkyl halides is 3. The lowest BCUT2D eigenvalue weighted by atomic mass is 10.1. The molecule has 0 aromatic heterocycles. The second-order valence-electron chi connectivity index (χ2n) is 5.75. The second kappa shape index (κ2) is 5.87. The van der Waals surface area contributed by atoms with Gasteiger partial charge in [0.15, 0.2) is 0 Å².